The van der Waals surface area contributed by atoms with Gasteiger partial charge in [0.2, 0.25) is 0 Å². The molecule has 21 heavy (non-hydrogen) atoms. The summed E-state index contributed by atoms with van der Waals surface area (Å²) < 4.78 is 8.23. The number of esters is 1. The van der Waals surface area contributed by atoms with Crippen LogP contribution in [0.1, 0.15) is 44.5 Å². The molecule has 1 aliphatic rings. The number of carbonyl (C=O) groups is 1. The highest BCUT2D eigenvalue weighted by Gasteiger charge is 2.39. The number of aryl methyl sites for hydroxylation is 2. The van der Waals surface area contributed by atoms with Crippen LogP contribution in [-0.2, 0) is 16.1 Å². The van der Waals surface area contributed by atoms with Gasteiger partial charge in [-0.05, 0) is 62.9 Å². The Morgan fingerprint density at radius 1 is 1.52 bits per heavy atom. The van der Waals surface area contributed by atoms with Gasteiger partial charge in [0.25, 0.3) is 0 Å². The summed E-state index contributed by atoms with van der Waals surface area (Å²) in [5.41, 5.74) is 1.42. The van der Waals surface area contributed by atoms with Gasteiger partial charge in [0, 0.05) is 18.3 Å². The van der Waals surface area contributed by atoms with E-state index < -0.39 is 5.54 Å². The van der Waals surface area contributed by atoms with Gasteiger partial charge in [-0.15, -0.1) is 0 Å². The van der Waals surface area contributed by atoms with E-state index in [0.717, 1.165) is 28.7 Å². The maximum atomic E-state index is 12.3. The van der Waals surface area contributed by atoms with Crippen LogP contribution in [0.5, 0.6) is 0 Å². The van der Waals surface area contributed by atoms with E-state index in [-0.39, 0.29) is 5.97 Å². The molecule has 1 fully saturated rings. The second kappa shape index (κ2) is 6.48. The number of aromatic nitrogens is 2. The molecular formula is C15H24BrN3O2. The maximum Gasteiger partial charge on any atom is 0.326 e. The van der Waals surface area contributed by atoms with Gasteiger partial charge in [-0.1, -0.05) is 0 Å². The molecule has 2 rings (SSSR count). The largest absolute Gasteiger partial charge is 0.465 e. The van der Waals surface area contributed by atoms with Crippen molar-refractivity contribution < 1.29 is 9.53 Å². The lowest BCUT2D eigenvalue weighted by atomic mass is 9.97. The summed E-state index contributed by atoms with van der Waals surface area (Å²) >= 11 is 3.53. The SMILES string of the molecule is CCOC(=O)C(C)(CCn1nc(C)c(Br)c1C)NC1CC1. The molecule has 1 heterocycles. The Hall–Kier alpha value is -0.880. The third-order valence-corrected chi connectivity index (χ3v) is 5.09. The van der Waals surface area contributed by atoms with E-state index >= 15 is 0 Å². The minimum atomic E-state index is -0.643. The molecule has 1 N–H and O–H groups in total. The average molecular weight is 358 g/mol. The van der Waals surface area contributed by atoms with E-state index in [1.807, 2.05) is 32.4 Å². The Morgan fingerprint density at radius 3 is 2.67 bits per heavy atom. The highest BCUT2D eigenvalue weighted by atomic mass is 79.9. The molecule has 1 saturated carbocycles. The Morgan fingerprint density at radius 2 is 2.19 bits per heavy atom. The molecule has 6 heteroatoms. The zero-order valence-electron chi connectivity index (χ0n) is 13.2. The van der Waals surface area contributed by atoms with Crippen LogP contribution in [0.3, 0.4) is 0 Å². The smallest absolute Gasteiger partial charge is 0.326 e. The first-order valence-corrected chi connectivity index (χ1v) is 8.31. The molecule has 0 bridgehead atoms. The highest BCUT2D eigenvalue weighted by Crippen LogP contribution is 2.26. The van der Waals surface area contributed by atoms with Crippen molar-refractivity contribution in [1.29, 1.82) is 0 Å². The lowest BCUT2D eigenvalue weighted by molar-refractivity contribution is -0.151. The fourth-order valence-electron chi connectivity index (χ4n) is 2.42. The van der Waals surface area contributed by atoms with Crippen LogP contribution in [-0.4, -0.2) is 33.9 Å². The number of halogens is 1. The summed E-state index contributed by atoms with van der Waals surface area (Å²) in [6.07, 6.45) is 2.94. The number of ether oxygens (including phenoxy) is 1. The number of carbonyl (C=O) groups excluding carboxylic acids is 1. The summed E-state index contributed by atoms with van der Waals surface area (Å²) in [5.74, 6) is -0.169. The second-order valence-electron chi connectivity index (χ2n) is 5.93. The van der Waals surface area contributed by atoms with Crippen molar-refractivity contribution in [3.63, 3.8) is 0 Å². The van der Waals surface area contributed by atoms with Gasteiger partial charge in [0.15, 0.2) is 0 Å². The van der Waals surface area contributed by atoms with E-state index in [1.165, 1.54) is 0 Å². The van der Waals surface area contributed by atoms with Gasteiger partial charge in [-0.3, -0.25) is 14.8 Å². The monoisotopic (exact) mass is 357 g/mol. The molecule has 1 aliphatic carbocycles. The van der Waals surface area contributed by atoms with Crippen LogP contribution < -0.4 is 5.32 Å². The van der Waals surface area contributed by atoms with Crippen molar-refractivity contribution >= 4 is 21.9 Å². The molecule has 0 aromatic carbocycles. The lowest BCUT2D eigenvalue weighted by Gasteiger charge is -2.28. The molecule has 0 aliphatic heterocycles. The van der Waals surface area contributed by atoms with Crippen LogP contribution in [0.2, 0.25) is 0 Å². The lowest BCUT2D eigenvalue weighted by Crippen LogP contribution is -2.52. The molecule has 0 saturated heterocycles. The molecule has 1 aromatic rings. The Labute approximate surface area is 134 Å². The fraction of sp³-hybridized carbons (Fsp3) is 0.733. The molecule has 5 nitrogen and oxygen atoms in total. The summed E-state index contributed by atoms with van der Waals surface area (Å²) in [4.78, 5) is 12.3. The number of nitrogens with zero attached hydrogens (tertiary/aromatic N) is 2. The molecule has 118 valence electrons. The topological polar surface area (TPSA) is 56.2 Å². The molecular weight excluding hydrogens is 334 g/mol. The van der Waals surface area contributed by atoms with Gasteiger partial charge >= 0.3 is 5.97 Å². The standard InChI is InChI=1S/C15H24BrN3O2/c1-5-21-14(20)15(4,17-12-6-7-12)8-9-19-11(3)13(16)10(2)18-19/h12,17H,5-9H2,1-4H3. The zero-order chi connectivity index (χ0) is 15.6. The third-order valence-electron chi connectivity index (χ3n) is 3.94. The van der Waals surface area contributed by atoms with Gasteiger partial charge < -0.3 is 4.74 Å². The molecule has 1 aromatic heterocycles. The van der Waals surface area contributed by atoms with Gasteiger partial charge in [0.05, 0.1) is 16.8 Å². The predicted molar refractivity (Wildman–Crippen MR) is 85.2 cm³/mol. The molecule has 0 amide bonds. The second-order valence-corrected chi connectivity index (χ2v) is 6.72. The van der Waals surface area contributed by atoms with Gasteiger partial charge in [-0.2, -0.15) is 5.10 Å². The number of nitrogens with one attached hydrogen (secondary N) is 1. The summed E-state index contributed by atoms with van der Waals surface area (Å²) in [7, 11) is 0. The van der Waals surface area contributed by atoms with Crippen LogP contribution >= 0.6 is 15.9 Å². The maximum absolute atomic E-state index is 12.3. The Kier molecular flexibility index (Phi) is 5.09. The molecule has 1 atom stereocenters. The molecule has 1 unspecified atom stereocenters. The third kappa shape index (κ3) is 3.86. The summed E-state index contributed by atoms with van der Waals surface area (Å²) in [6.45, 7) is 8.87. The molecule has 0 spiro atoms. The summed E-state index contributed by atoms with van der Waals surface area (Å²) in [5, 5.41) is 7.94. The van der Waals surface area contributed by atoms with Crippen molar-refractivity contribution in [2.45, 2.75) is 65.1 Å². The predicted octanol–water partition coefficient (Wildman–Crippen LogP) is 2.73. The average Bonchev–Trinajstić information content (AvgIpc) is 3.21. The van der Waals surface area contributed by atoms with Gasteiger partial charge in [0.1, 0.15) is 5.54 Å². The number of hydrogen-bond donors (Lipinski definition) is 1. The van der Waals surface area contributed by atoms with Crippen molar-refractivity contribution in [3.05, 3.63) is 15.9 Å². The van der Waals surface area contributed by atoms with E-state index in [4.69, 9.17) is 4.74 Å². The molecule has 0 radical (unpaired) electrons. The first-order valence-electron chi connectivity index (χ1n) is 7.52. The van der Waals surface area contributed by atoms with Crippen molar-refractivity contribution in [2.24, 2.45) is 0 Å². The van der Waals surface area contributed by atoms with Crippen molar-refractivity contribution in [1.82, 2.24) is 15.1 Å². The van der Waals surface area contributed by atoms with Crippen LogP contribution in [0.25, 0.3) is 0 Å². The highest BCUT2D eigenvalue weighted by molar-refractivity contribution is 9.10. The van der Waals surface area contributed by atoms with E-state index in [9.17, 15) is 4.79 Å². The van der Waals surface area contributed by atoms with E-state index in [2.05, 4.69) is 26.3 Å². The van der Waals surface area contributed by atoms with Crippen molar-refractivity contribution in [3.8, 4) is 0 Å². The quantitative estimate of drug-likeness (QED) is 0.762. The first-order chi connectivity index (χ1) is 9.87. The van der Waals surface area contributed by atoms with Crippen LogP contribution in [0, 0.1) is 13.8 Å². The minimum Gasteiger partial charge on any atom is -0.465 e. The fourth-order valence-corrected chi connectivity index (χ4v) is 2.71. The van der Waals surface area contributed by atoms with E-state index in [0.29, 0.717) is 25.6 Å². The summed E-state index contributed by atoms with van der Waals surface area (Å²) in [6, 6.07) is 0.451. The van der Waals surface area contributed by atoms with Gasteiger partial charge in [-0.25, -0.2) is 0 Å². The number of hydrogen-bond acceptors (Lipinski definition) is 4. The Bertz CT molecular complexity index is 525. The van der Waals surface area contributed by atoms with Crippen LogP contribution in [0.4, 0.5) is 0 Å². The van der Waals surface area contributed by atoms with Crippen molar-refractivity contribution in [2.75, 3.05) is 6.61 Å². The Balaban J connectivity index is 2.07. The number of rotatable bonds is 7. The zero-order valence-corrected chi connectivity index (χ0v) is 14.8. The van der Waals surface area contributed by atoms with E-state index in [1.54, 1.807) is 0 Å². The minimum absolute atomic E-state index is 0.169. The van der Waals surface area contributed by atoms with Crippen LogP contribution in [0.15, 0.2) is 4.47 Å². The first kappa shape index (κ1) is 16.5. The normalized spacial score (nSPS) is 17.6.